The molecular formula is C21H25N3O2. The lowest BCUT2D eigenvalue weighted by molar-refractivity contribution is 0.0535. The van der Waals surface area contributed by atoms with Gasteiger partial charge in [-0.3, -0.25) is 14.6 Å². The quantitative estimate of drug-likeness (QED) is 0.832. The molecule has 1 aliphatic rings. The Kier molecular flexibility index (Phi) is 6.00. The van der Waals surface area contributed by atoms with Crippen molar-refractivity contribution in [2.24, 2.45) is 0 Å². The molecule has 2 amide bonds. The van der Waals surface area contributed by atoms with Gasteiger partial charge in [0.2, 0.25) is 0 Å². The average Bonchev–Trinajstić information content (AvgIpc) is 2.72. The number of nitrogens with zero attached hydrogens (tertiary/aromatic N) is 3. The van der Waals surface area contributed by atoms with E-state index in [-0.39, 0.29) is 11.8 Å². The normalized spacial score (nSPS) is 14.3. The highest BCUT2D eigenvalue weighted by Crippen LogP contribution is 2.13. The monoisotopic (exact) mass is 351 g/mol. The molecule has 26 heavy (non-hydrogen) atoms. The maximum atomic E-state index is 12.7. The van der Waals surface area contributed by atoms with Gasteiger partial charge >= 0.3 is 0 Å². The van der Waals surface area contributed by atoms with Crippen molar-refractivity contribution in [1.29, 1.82) is 0 Å². The van der Waals surface area contributed by atoms with E-state index in [0.717, 1.165) is 12.0 Å². The highest BCUT2D eigenvalue weighted by molar-refractivity contribution is 5.95. The summed E-state index contributed by atoms with van der Waals surface area (Å²) in [6.45, 7) is 4.42. The number of hydrogen-bond acceptors (Lipinski definition) is 3. The van der Waals surface area contributed by atoms with Crippen LogP contribution in [0.15, 0.2) is 48.8 Å². The molecule has 5 nitrogen and oxygen atoms in total. The van der Waals surface area contributed by atoms with Crippen molar-refractivity contribution in [3.05, 3.63) is 65.5 Å². The Balaban J connectivity index is 1.56. The molecule has 2 aromatic rings. The standard InChI is InChI=1S/C21H25N3O2/c1-2-3-4-17-5-7-18(8-6-17)20(25)23-13-15-24(16-14-23)21(26)19-9-11-22-12-10-19/h5-12H,2-4,13-16H2,1H3. The van der Waals surface area contributed by atoms with Gasteiger partial charge in [0, 0.05) is 49.7 Å². The molecular weight excluding hydrogens is 326 g/mol. The first-order chi connectivity index (χ1) is 12.7. The topological polar surface area (TPSA) is 53.5 Å². The van der Waals surface area contributed by atoms with Crippen molar-refractivity contribution in [2.75, 3.05) is 26.2 Å². The summed E-state index contributed by atoms with van der Waals surface area (Å²) in [7, 11) is 0. The number of rotatable bonds is 5. The zero-order valence-electron chi connectivity index (χ0n) is 15.2. The van der Waals surface area contributed by atoms with Gasteiger partial charge in [-0.2, -0.15) is 0 Å². The highest BCUT2D eigenvalue weighted by atomic mass is 16.2. The van der Waals surface area contributed by atoms with Gasteiger partial charge in [0.15, 0.2) is 0 Å². The second kappa shape index (κ2) is 8.61. The van der Waals surface area contributed by atoms with Gasteiger partial charge in [0.05, 0.1) is 0 Å². The molecule has 0 atom stereocenters. The fourth-order valence-corrected chi connectivity index (χ4v) is 3.17. The fourth-order valence-electron chi connectivity index (χ4n) is 3.17. The number of aryl methyl sites for hydroxylation is 1. The minimum absolute atomic E-state index is 0.000207. The molecule has 0 unspecified atom stereocenters. The molecule has 0 spiro atoms. The largest absolute Gasteiger partial charge is 0.335 e. The van der Waals surface area contributed by atoms with Crippen LogP contribution in [0.25, 0.3) is 0 Å². The maximum Gasteiger partial charge on any atom is 0.254 e. The molecule has 1 aromatic heterocycles. The van der Waals surface area contributed by atoms with Crippen LogP contribution in [-0.4, -0.2) is 52.8 Å². The molecule has 0 aliphatic carbocycles. The summed E-state index contributed by atoms with van der Waals surface area (Å²) in [6.07, 6.45) is 6.64. The summed E-state index contributed by atoms with van der Waals surface area (Å²) in [4.78, 5) is 32.7. The number of hydrogen-bond donors (Lipinski definition) is 0. The third kappa shape index (κ3) is 4.28. The van der Waals surface area contributed by atoms with E-state index in [0.29, 0.717) is 31.7 Å². The summed E-state index contributed by atoms with van der Waals surface area (Å²) >= 11 is 0. The number of benzene rings is 1. The van der Waals surface area contributed by atoms with Crippen LogP contribution in [0.4, 0.5) is 0 Å². The number of piperazine rings is 1. The molecule has 1 saturated heterocycles. The van der Waals surface area contributed by atoms with Crippen molar-refractivity contribution < 1.29 is 9.59 Å². The van der Waals surface area contributed by atoms with Crippen molar-refractivity contribution in [1.82, 2.24) is 14.8 Å². The van der Waals surface area contributed by atoms with Gasteiger partial charge in [0.25, 0.3) is 11.8 Å². The smallest absolute Gasteiger partial charge is 0.254 e. The van der Waals surface area contributed by atoms with Crippen molar-refractivity contribution in [3.63, 3.8) is 0 Å². The summed E-state index contributed by atoms with van der Waals surface area (Å²) in [5.74, 6) is 0.0443. The Labute approximate surface area is 154 Å². The van der Waals surface area contributed by atoms with E-state index in [2.05, 4.69) is 11.9 Å². The van der Waals surface area contributed by atoms with Gasteiger partial charge in [-0.25, -0.2) is 0 Å². The van der Waals surface area contributed by atoms with Crippen LogP contribution in [0, 0.1) is 0 Å². The Morgan fingerprint density at radius 1 is 0.846 bits per heavy atom. The van der Waals surface area contributed by atoms with Gasteiger partial charge in [-0.1, -0.05) is 25.5 Å². The Morgan fingerprint density at radius 2 is 1.35 bits per heavy atom. The number of amides is 2. The molecule has 0 bridgehead atoms. The number of unbranched alkanes of at least 4 members (excludes halogenated alkanes) is 1. The second-order valence-corrected chi connectivity index (χ2v) is 6.62. The Morgan fingerprint density at radius 3 is 1.85 bits per heavy atom. The predicted molar refractivity (Wildman–Crippen MR) is 101 cm³/mol. The number of carbonyl (C=O) groups is 2. The number of carbonyl (C=O) groups excluding carboxylic acids is 2. The molecule has 0 N–H and O–H groups in total. The fraction of sp³-hybridized carbons (Fsp3) is 0.381. The predicted octanol–water partition coefficient (Wildman–Crippen LogP) is 3.02. The van der Waals surface area contributed by atoms with E-state index < -0.39 is 0 Å². The van der Waals surface area contributed by atoms with Gasteiger partial charge in [0.1, 0.15) is 0 Å². The van der Waals surface area contributed by atoms with E-state index in [9.17, 15) is 9.59 Å². The van der Waals surface area contributed by atoms with E-state index in [1.807, 2.05) is 29.2 Å². The average molecular weight is 351 g/mol. The molecule has 136 valence electrons. The van der Waals surface area contributed by atoms with Crippen LogP contribution in [0.2, 0.25) is 0 Å². The molecule has 1 aliphatic heterocycles. The van der Waals surface area contributed by atoms with Crippen LogP contribution < -0.4 is 0 Å². The Bertz CT molecular complexity index is 736. The lowest BCUT2D eigenvalue weighted by atomic mass is 10.1. The first kappa shape index (κ1) is 18.1. The summed E-state index contributed by atoms with van der Waals surface area (Å²) in [5.41, 5.74) is 2.64. The molecule has 3 rings (SSSR count). The number of aromatic nitrogens is 1. The first-order valence-electron chi connectivity index (χ1n) is 9.26. The van der Waals surface area contributed by atoms with E-state index in [4.69, 9.17) is 0 Å². The first-order valence-corrected chi connectivity index (χ1v) is 9.26. The van der Waals surface area contributed by atoms with E-state index in [1.54, 1.807) is 29.4 Å². The third-order valence-corrected chi connectivity index (χ3v) is 4.80. The van der Waals surface area contributed by atoms with Crippen LogP contribution in [0.1, 0.15) is 46.0 Å². The minimum atomic E-state index is -0.000207. The number of pyridine rings is 1. The lowest BCUT2D eigenvalue weighted by Gasteiger charge is -2.34. The second-order valence-electron chi connectivity index (χ2n) is 6.62. The highest BCUT2D eigenvalue weighted by Gasteiger charge is 2.25. The zero-order valence-corrected chi connectivity index (χ0v) is 15.2. The SMILES string of the molecule is CCCCc1ccc(C(=O)N2CCN(C(=O)c3ccncc3)CC2)cc1. The van der Waals surface area contributed by atoms with Crippen molar-refractivity contribution in [2.45, 2.75) is 26.2 Å². The van der Waals surface area contributed by atoms with E-state index in [1.165, 1.54) is 18.4 Å². The van der Waals surface area contributed by atoms with Gasteiger partial charge < -0.3 is 9.80 Å². The van der Waals surface area contributed by atoms with Crippen LogP contribution in [-0.2, 0) is 6.42 Å². The molecule has 5 heteroatoms. The molecule has 1 fully saturated rings. The summed E-state index contributed by atoms with van der Waals surface area (Å²) < 4.78 is 0. The van der Waals surface area contributed by atoms with Crippen molar-refractivity contribution in [3.8, 4) is 0 Å². The minimum Gasteiger partial charge on any atom is -0.335 e. The summed E-state index contributed by atoms with van der Waals surface area (Å²) in [5, 5.41) is 0. The van der Waals surface area contributed by atoms with Crippen LogP contribution in [0.5, 0.6) is 0 Å². The summed E-state index contributed by atoms with van der Waals surface area (Å²) in [6, 6.07) is 11.4. The van der Waals surface area contributed by atoms with E-state index >= 15 is 0 Å². The van der Waals surface area contributed by atoms with Crippen LogP contribution >= 0.6 is 0 Å². The van der Waals surface area contributed by atoms with Gasteiger partial charge in [-0.05, 0) is 42.7 Å². The molecule has 1 aromatic carbocycles. The zero-order chi connectivity index (χ0) is 18.4. The lowest BCUT2D eigenvalue weighted by Crippen LogP contribution is -2.50. The van der Waals surface area contributed by atoms with Gasteiger partial charge in [-0.15, -0.1) is 0 Å². The molecule has 2 heterocycles. The Hall–Kier alpha value is -2.69. The maximum absolute atomic E-state index is 12.7. The van der Waals surface area contributed by atoms with Crippen molar-refractivity contribution >= 4 is 11.8 Å². The molecule has 0 saturated carbocycles. The molecule has 0 radical (unpaired) electrons. The van der Waals surface area contributed by atoms with Crippen LogP contribution in [0.3, 0.4) is 0 Å². The third-order valence-electron chi connectivity index (χ3n) is 4.80.